The molecule has 1 amide bonds. The van der Waals surface area contributed by atoms with E-state index in [1.54, 1.807) is 35.6 Å². The number of rotatable bonds is 5. The molecule has 0 radical (unpaired) electrons. The van der Waals surface area contributed by atoms with Crippen molar-refractivity contribution in [2.24, 2.45) is 0 Å². The molecule has 150 valence electrons. The molecule has 2 aromatic carbocycles. The van der Waals surface area contributed by atoms with E-state index in [2.05, 4.69) is 9.88 Å². The molecule has 1 aromatic heterocycles. The second-order valence-corrected chi connectivity index (χ2v) is 8.04. The van der Waals surface area contributed by atoms with Gasteiger partial charge in [0.2, 0.25) is 5.91 Å². The summed E-state index contributed by atoms with van der Waals surface area (Å²) in [5.41, 5.74) is 2.60. The van der Waals surface area contributed by atoms with Crippen LogP contribution in [0, 0.1) is 11.6 Å². The van der Waals surface area contributed by atoms with Crippen molar-refractivity contribution < 1.29 is 13.6 Å². The number of amides is 1. The summed E-state index contributed by atoms with van der Waals surface area (Å²) in [6, 6.07) is 12.4. The van der Waals surface area contributed by atoms with Gasteiger partial charge in [0.1, 0.15) is 16.6 Å². The molecule has 29 heavy (non-hydrogen) atoms. The van der Waals surface area contributed by atoms with Gasteiger partial charge in [0.05, 0.1) is 18.7 Å². The highest BCUT2D eigenvalue weighted by atomic mass is 32.1. The summed E-state index contributed by atoms with van der Waals surface area (Å²) in [6.07, 6.45) is 0.299. The van der Waals surface area contributed by atoms with Crippen molar-refractivity contribution >= 4 is 17.2 Å². The van der Waals surface area contributed by atoms with Gasteiger partial charge in [0, 0.05) is 37.1 Å². The summed E-state index contributed by atoms with van der Waals surface area (Å²) >= 11 is 1.59. The lowest BCUT2D eigenvalue weighted by Gasteiger charge is -2.34. The van der Waals surface area contributed by atoms with Crippen LogP contribution >= 0.6 is 11.3 Å². The van der Waals surface area contributed by atoms with E-state index in [4.69, 9.17) is 0 Å². The Kier molecular flexibility index (Phi) is 5.97. The number of piperazine rings is 1. The minimum atomic E-state index is -0.292. The van der Waals surface area contributed by atoms with Crippen LogP contribution in [0.4, 0.5) is 8.78 Å². The molecule has 4 nitrogen and oxygen atoms in total. The van der Waals surface area contributed by atoms with E-state index in [0.717, 1.165) is 41.5 Å². The van der Waals surface area contributed by atoms with Crippen LogP contribution in [0.3, 0.4) is 0 Å². The van der Waals surface area contributed by atoms with E-state index < -0.39 is 0 Å². The Balaban J connectivity index is 1.28. The molecule has 0 spiro atoms. The number of thiazole rings is 1. The van der Waals surface area contributed by atoms with E-state index in [-0.39, 0.29) is 17.5 Å². The molecular formula is C22H21F2N3OS. The van der Waals surface area contributed by atoms with Gasteiger partial charge in [-0.2, -0.15) is 0 Å². The number of carbonyl (C=O) groups excluding carboxylic acids is 1. The molecule has 1 aliphatic heterocycles. The van der Waals surface area contributed by atoms with Crippen LogP contribution in [-0.2, 0) is 17.8 Å². The minimum absolute atomic E-state index is 0.0732. The molecule has 0 atom stereocenters. The van der Waals surface area contributed by atoms with Crippen molar-refractivity contribution in [1.29, 1.82) is 0 Å². The summed E-state index contributed by atoms with van der Waals surface area (Å²) in [7, 11) is 0. The first-order valence-corrected chi connectivity index (χ1v) is 10.4. The molecule has 1 aliphatic rings. The average molecular weight is 413 g/mol. The Bertz CT molecular complexity index is 964. The third kappa shape index (κ3) is 5.05. The SMILES string of the molecule is O=C(Cc1ccc(F)cc1)N1CCN(Cc2nc(-c3ccc(F)cc3)cs2)CC1. The number of nitrogens with zero attached hydrogens (tertiary/aromatic N) is 3. The van der Waals surface area contributed by atoms with Gasteiger partial charge in [0.25, 0.3) is 0 Å². The molecule has 0 bridgehead atoms. The molecule has 0 unspecified atom stereocenters. The highest BCUT2D eigenvalue weighted by Gasteiger charge is 2.22. The third-order valence-corrected chi connectivity index (χ3v) is 5.88. The first kappa shape index (κ1) is 19.7. The zero-order valence-corrected chi connectivity index (χ0v) is 16.7. The zero-order valence-electron chi connectivity index (χ0n) is 15.9. The standard InChI is InChI=1S/C22H21F2N3OS/c23-18-5-1-16(2-6-18)13-22(28)27-11-9-26(10-12-27)14-21-25-20(15-29-21)17-3-7-19(24)8-4-17/h1-8,15H,9-14H2. The fourth-order valence-electron chi connectivity index (χ4n) is 3.37. The van der Waals surface area contributed by atoms with Crippen molar-refractivity contribution in [3.05, 3.63) is 76.1 Å². The van der Waals surface area contributed by atoms with Crippen molar-refractivity contribution in [3.8, 4) is 11.3 Å². The maximum atomic E-state index is 13.1. The van der Waals surface area contributed by atoms with Gasteiger partial charge in [-0.05, 0) is 42.0 Å². The van der Waals surface area contributed by atoms with Gasteiger partial charge < -0.3 is 4.90 Å². The number of benzene rings is 2. The molecule has 1 fully saturated rings. The topological polar surface area (TPSA) is 36.4 Å². The fourth-order valence-corrected chi connectivity index (χ4v) is 4.22. The Labute approximate surface area is 172 Å². The van der Waals surface area contributed by atoms with Gasteiger partial charge in [-0.25, -0.2) is 13.8 Å². The lowest BCUT2D eigenvalue weighted by Crippen LogP contribution is -2.48. The number of halogens is 2. The largest absolute Gasteiger partial charge is 0.340 e. The fraction of sp³-hybridized carbons (Fsp3) is 0.273. The number of carbonyl (C=O) groups is 1. The Morgan fingerprint density at radius 3 is 2.21 bits per heavy atom. The average Bonchev–Trinajstić information content (AvgIpc) is 3.19. The molecule has 2 heterocycles. The van der Waals surface area contributed by atoms with Crippen LogP contribution in [0.2, 0.25) is 0 Å². The Morgan fingerprint density at radius 1 is 0.931 bits per heavy atom. The third-order valence-electron chi connectivity index (χ3n) is 5.04. The van der Waals surface area contributed by atoms with Crippen molar-refractivity contribution in [1.82, 2.24) is 14.8 Å². The van der Waals surface area contributed by atoms with Crippen LogP contribution in [-0.4, -0.2) is 46.9 Å². The zero-order chi connectivity index (χ0) is 20.2. The van der Waals surface area contributed by atoms with Crippen LogP contribution in [0.15, 0.2) is 53.9 Å². The first-order valence-electron chi connectivity index (χ1n) is 9.52. The Hall–Kier alpha value is -2.64. The maximum Gasteiger partial charge on any atom is 0.227 e. The molecule has 1 saturated heterocycles. The molecule has 0 saturated carbocycles. The number of aromatic nitrogens is 1. The monoisotopic (exact) mass is 413 g/mol. The quantitative estimate of drug-likeness (QED) is 0.635. The van der Waals surface area contributed by atoms with Gasteiger partial charge in [-0.3, -0.25) is 9.69 Å². The Morgan fingerprint density at radius 2 is 1.55 bits per heavy atom. The van der Waals surface area contributed by atoms with E-state index >= 15 is 0 Å². The smallest absolute Gasteiger partial charge is 0.227 e. The van der Waals surface area contributed by atoms with Crippen LogP contribution < -0.4 is 0 Å². The summed E-state index contributed by atoms with van der Waals surface area (Å²) in [5.74, 6) is -0.472. The van der Waals surface area contributed by atoms with Crippen molar-refractivity contribution in [2.75, 3.05) is 26.2 Å². The van der Waals surface area contributed by atoms with Gasteiger partial charge in [0.15, 0.2) is 0 Å². The summed E-state index contributed by atoms with van der Waals surface area (Å²) in [6.45, 7) is 3.68. The number of hydrogen-bond donors (Lipinski definition) is 0. The summed E-state index contributed by atoms with van der Waals surface area (Å²) in [5, 5.41) is 3.00. The molecular weight excluding hydrogens is 392 g/mol. The molecule has 3 aromatic rings. The van der Waals surface area contributed by atoms with Crippen molar-refractivity contribution in [2.45, 2.75) is 13.0 Å². The maximum absolute atomic E-state index is 13.1. The van der Waals surface area contributed by atoms with Crippen LogP contribution in [0.25, 0.3) is 11.3 Å². The van der Waals surface area contributed by atoms with E-state index in [0.29, 0.717) is 19.5 Å². The minimum Gasteiger partial charge on any atom is -0.340 e. The predicted molar refractivity (Wildman–Crippen MR) is 109 cm³/mol. The summed E-state index contributed by atoms with van der Waals surface area (Å²) < 4.78 is 26.1. The number of hydrogen-bond acceptors (Lipinski definition) is 4. The second-order valence-electron chi connectivity index (χ2n) is 7.09. The highest BCUT2D eigenvalue weighted by molar-refractivity contribution is 7.09. The van der Waals surface area contributed by atoms with Crippen molar-refractivity contribution in [3.63, 3.8) is 0 Å². The highest BCUT2D eigenvalue weighted by Crippen LogP contribution is 2.23. The second kappa shape index (κ2) is 8.80. The lowest BCUT2D eigenvalue weighted by molar-refractivity contribution is -0.132. The van der Waals surface area contributed by atoms with Gasteiger partial charge in [-0.15, -0.1) is 11.3 Å². The van der Waals surface area contributed by atoms with E-state index in [1.165, 1.54) is 24.3 Å². The molecule has 0 aliphatic carbocycles. The van der Waals surface area contributed by atoms with Crippen LogP contribution in [0.5, 0.6) is 0 Å². The molecule has 7 heteroatoms. The van der Waals surface area contributed by atoms with E-state index in [1.807, 2.05) is 10.3 Å². The molecule has 4 rings (SSSR count). The normalized spacial score (nSPS) is 14.9. The van der Waals surface area contributed by atoms with Gasteiger partial charge >= 0.3 is 0 Å². The summed E-state index contributed by atoms with van der Waals surface area (Å²) in [4.78, 5) is 21.3. The van der Waals surface area contributed by atoms with Crippen LogP contribution in [0.1, 0.15) is 10.6 Å². The van der Waals surface area contributed by atoms with Gasteiger partial charge in [-0.1, -0.05) is 12.1 Å². The first-order chi connectivity index (χ1) is 14.1. The lowest BCUT2D eigenvalue weighted by atomic mass is 10.1. The molecule has 0 N–H and O–H groups in total. The predicted octanol–water partition coefficient (Wildman–Crippen LogP) is 3.98. The van der Waals surface area contributed by atoms with E-state index in [9.17, 15) is 13.6 Å².